The minimum Gasteiger partial charge on any atom is -0.462 e. The van der Waals surface area contributed by atoms with Crippen LogP contribution < -0.4 is 16.0 Å². The molecule has 8 nitrogen and oxygen atoms in total. The first-order valence-corrected chi connectivity index (χ1v) is 18.8. The zero-order valence-electron chi connectivity index (χ0n) is 28.5. The predicted molar refractivity (Wildman–Crippen MR) is 206 cm³/mol. The molecule has 51 heavy (non-hydrogen) atoms. The van der Waals surface area contributed by atoms with E-state index >= 15 is 0 Å². The number of anilines is 2. The zero-order valence-corrected chi connectivity index (χ0v) is 30.1. The molecule has 1 atom stereocenters. The van der Waals surface area contributed by atoms with Gasteiger partial charge >= 0.3 is 5.97 Å². The molecule has 1 aliphatic rings. The van der Waals surface area contributed by atoms with Gasteiger partial charge in [-0.2, -0.15) is 0 Å². The molecule has 1 aromatic heterocycles. The van der Waals surface area contributed by atoms with Crippen LogP contribution in [0.15, 0.2) is 108 Å². The second kappa shape index (κ2) is 16.7. The van der Waals surface area contributed by atoms with Crippen molar-refractivity contribution < 1.29 is 23.9 Å². The Morgan fingerprint density at radius 1 is 0.863 bits per heavy atom. The van der Waals surface area contributed by atoms with Crippen LogP contribution in [0.1, 0.15) is 69.8 Å². The van der Waals surface area contributed by atoms with Gasteiger partial charge < -0.3 is 20.7 Å². The molecule has 6 rings (SSSR count). The smallest absolute Gasteiger partial charge is 0.341 e. The number of nitrogens with one attached hydrogen (secondary N) is 3. The lowest BCUT2D eigenvalue weighted by atomic mass is 10.0. The number of carbonyl (C=O) groups excluding carboxylic acids is 4. The minimum atomic E-state index is -0.514. The van der Waals surface area contributed by atoms with Gasteiger partial charge in [-0.3, -0.25) is 14.4 Å². The van der Waals surface area contributed by atoms with E-state index in [1.165, 1.54) is 23.1 Å². The highest BCUT2D eigenvalue weighted by atomic mass is 32.2. The SMILES string of the molecule is CCOC(=O)c1c(NC(=O)C(C)Sc2cccc(NC(=O)/C(=C\c3cccc4ccccc34)NC(=O)c3ccccc3)c2)sc2c1CCCCC2. The Morgan fingerprint density at radius 3 is 2.43 bits per heavy atom. The summed E-state index contributed by atoms with van der Waals surface area (Å²) >= 11 is 2.81. The Morgan fingerprint density at radius 2 is 1.61 bits per heavy atom. The Labute approximate surface area is 305 Å². The minimum absolute atomic E-state index is 0.0813. The van der Waals surface area contributed by atoms with Crippen molar-refractivity contribution in [3.8, 4) is 0 Å². The number of rotatable bonds is 11. The summed E-state index contributed by atoms with van der Waals surface area (Å²) < 4.78 is 5.38. The average molecular weight is 718 g/mol. The third-order valence-corrected chi connectivity index (χ3v) is 10.9. The maximum absolute atomic E-state index is 13.8. The third-order valence-electron chi connectivity index (χ3n) is 8.56. The second-order valence-corrected chi connectivity index (χ2v) is 14.7. The third kappa shape index (κ3) is 8.76. The summed E-state index contributed by atoms with van der Waals surface area (Å²) in [6, 6.07) is 29.6. The van der Waals surface area contributed by atoms with Crippen molar-refractivity contribution in [2.75, 3.05) is 17.2 Å². The molecule has 0 saturated carbocycles. The lowest BCUT2D eigenvalue weighted by Crippen LogP contribution is -2.30. The van der Waals surface area contributed by atoms with E-state index < -0.39 is 23.0 Å². The number of ether oxygens (including phenoxy) is 1. The van der Waals surface area contributed by atoms with Crippen LogP contribution in [0.2, 0.25) is 0 Å². The summed E-state index contributed by atoms with van der Waals surface area (Å²) in [5, 5.41) is 10.7. The summed E-state index contributed by atoms with van der Waals surface area (Å²) in [6.07, 6.45) is 6.54. The van der Waals surface area contributed by atoms with Gasteiger partial charge in [-0.25, -0.2) is 4.79 Å². The molecule has 3 amide bonds. The molecule has 0 spiro atoms. The first kappa shape index (κ1) is 35.6. The Bertz CT molecular complexity index is 2100. The van der Waals surface area contributed by atoms with Crippen LogP contribution in [-0.2, 0) is 27.2 Å². The fourth-order valence-corrected chi connectivity index (χ4v) is 8.25. The first-order chi connectivity index (χ1) is 24.8. The molecular weight excluding hydrogens is 679 g/mol. The van der Waals surface area contributed by atoms with Crippen molar-refractivity contribution >= 4 is 74.3 Å². The molecule has 1 heterocycles. The van der Waals surface area contributed by atoms with Crippen LogP contribution in [0.4, 0.5) is 10.7 Å². The number of hydrogen-bond acceptors (Lipinski definition) is 7. The molecule has 4 aromatic carbocycles. The maximum atomic E-state index is 13.8. The van der Waals surface area contributed by atoms with Gasteiger partial charge in [0.2, 0.25) is 5.91 Å². The Hall–Kier alpha value is -5.19. The van der Waals surface area contributed by atoms with Crippen LogP contribution in [0, 0.1) is 0 Å². The fourth-order valence-electron chi connectivity index (χ4n) is 6.04. The number of carbonyl (C=O) groups is 4. The van der Waals surface area contributed by atoms with Gasteiger partial charge in [0.25, 0.3) is 11.8 Å². The molecule has 3 N–H and O–H groups in total. The number of thioether (sulfide) groups is 1. The normalized spacial score (nSPS) is 13.4. The van der Waals surface area contributed by atoms with E-state index in [1.807, 2.05) is 54.6 Å². The van der Waals surface area contributed by atoms with Gasteiger partial charge in [-0.05, 0) is 97.8 Å². The van der Waals surface area contributed by atoms with Gasteiger partial charge in [0, 0.05) is 21.0 Å². The molecule has 260 valence electrons. The van der Waals surface area contributed by atoms with Gasteiger partial charge in [-0.15, -0.1) is 23.1 Å². The van der Waals surface area contributed by atoms with Crippen molar-refractivity contribution in [3.05, 3.63) is 130 Å². The lowest BCUT2D eigenvalue weighted by molar-refractivity contribution is -0.115. The van der Waals surface area contributed by atoms with Gasteiger partial charge in [0.15, 0.2) is 0 Å². The molecule has 0 fully saturated rings. The largest absolute Gasteiger partial charge is 0.462 e. The van der Waals surface area contributed by atoms with Crippen LogP contribution in [-0.4, -0.2) is 35.5 Å². The van der Waals surface area contributed by atoms with Crippen molar-refractivity contribution in [1.82, 2.24) is 5.32 Å². The highest BCUT2D eigenvalue weighted by molar-refractivity contribution is 8.00. The van der Waals surface area contributed by atoms with E-state index in [2.05, 4.69) is 16.0 Å². The van der Waals surface area contributed by atoms with E-state index in [0.29, 0.717) is 21.8 Å². The van der Waals surface area contributed by atoms with Crippen molar-refractivity contribution in [3.63, 3.8) is 0 Å². The van der Waals surface area contributed by atoms with Crippen LogP contribution in [0.3, 0.4) is 0 Å². The summed E-state index contributed by atoms with van der Waals surface area (Å²) in [7, 11) is 0. The zero-order chi connectivity index (χ0) is 35.7. The fraction of sp³-hybridized carbons (Fsp3) is 0.220. The van der Waals surface area contributed by atoms with E-state index in [4.69, 9.17) is 4.74 Å². The Balaban J connectivity index is 1.19. The van der Waals surface area contributed by atoms with Crippen molar-refractivity contribution in [2.45, 2.75) is 56.1 Å². The van der Waals surface area contributed by atoms with Crippen molar-refractivity contribution in [1.29, 1.82) is 0 Å². The van der Waals surface area contributed by atoms with Crippen LogP contribution >= 0.6 is 23.1 Å². The van der Waals surface area contributed by atoms with E-state index in [-0.39, 0.29) is 18.2 Å². The highest BCUT2D eigenvalue weighted by Gasteiger charge is 2.28. The first-order valence-electron chi connectivity index (χ1n) is 17.1. The van der Waals surface area contributed by atoms with Gasteiger partial charge in [-0.1, -0.05) is 73.2 Å². The molecule has 5 aromatic rings. The topological polar surface area (TPSA) is 114 Å². The molecule has 0 aliphatic heterocycles. The average Bonchev–Trinajstić information content (AvgIpc) is 3.31. The number of hydrogen-bond donors (Lipinski definition) is 3. The number of thiophene rings is 1. The molecule has 0 saturated heterocycles. The standard InChI is InChI=1S/C41H39N3O5S2/c1-3-49-41(48)36-33-22-8-5-9-23-35(33)51-40(36)44-37(45)26(2)50-31-20-13-19-30(25-31)42-39(47)34(43-38(46)28-15-6-4-7-16-28)24-29-18-12-17-27-14-10-11-21-32(27)29/h4,6-7,10-21,24-26H,3,5,8-9,22-23H2,1-2H3,(H,42,47)(H,43,46)(H,44,45)/b34-24+. The molecular formula is C41H39N3O5S2. The summed E-state index contributed by atoms with van der Waals surface area (Å²) in [5.41, 5.74) is 3.28. The maximum Gasteiger partial charge on any atom is 0.341 e. The molecule has 0 radical (unpaired) electrons. The van der Waals surface area contributed by atoms with Crippen molar-refractivity contribution in [2.24, 2.45) is 0 Å². The second-order valence-electron chi connectivity index (χ2n) is 12.2. The van der Waals surface area contributed by atoms with Crippen LogP contribution in [0.25, 0.3) is 16.8 Å². The molecule has 0 bridgehead atoms. The van der Waals surface area contributed by atoms with Gasteiger partial charge in [0.1, 0.15) is 10.7 Å². The monoisotopic (exact) mass is 717 g/mol. The van der Waals surface area contributed by atoms with E-state index in [1.54, 1.807) is 62.4 Å². The number of benzene rings is 4. The van der Waals surface area contributed by atoms with Crippen LogP contribution in [0.5, 0.6) is 0 Å². The summed E-state index contributed by atoms with van der Waals surface area (Å²) in [6.45, 7) is 3.84. The number of esters is 1. The number of amides is 3. The lowest BCUT2D eigenvalue weighted by Gasteiger charge is -2.15. The van der Waals surface area contributed by atoms with E-state index in [0.717, 1.165) is 63.8 Å². The summed E-state index contributed by atoms with van der Waals surface area (Å²) in [4.78, 5) is 55.4. The molecule has 1 unspecified atom stereocenters. The molecule has 10 heteroatoms. The summed E-state index contributed by atoms with van der Waals surface area (Å²) in [5.74, 6) is -1.54. The predicted octanol–water partition coefficient (Wildman–Crippen LogP) is 8.88. The number of aryl methyl sites for hydroxylation is 1. The Kier molecular flexibility index (Phi) is 11.7. The quantitative estimate of drug-likeness (QED) is 0.0545. The highest BCUT2D eigenvalue weighted by Crippen LogP contribution is 2.38. The van der Waals surface area contributed by atoms with E-state index in [9.17, 15) is 19.2 Å². The van der Waals surface area contributed by atoms with Gasteiger partial charge in [0.05, 0.1) is 17.4 Å². The number of fused-ring (bicyclic) bond motifs is 2. The molecule has 1 aliphatic carbocycles.